The number of hydrogen-bond donors (Lipinski definition) is 10. The third kappa shape index (κ3) is 14.4. The summed E-state index contributed by atoms with van der Waals surface area (Å²) in [7, 11) is 0. The molecule has 0 fully saturated rings. The predicted octanol–water partition coefficient (Wildman–Crippen LogP) is -4.36. The molecule has 0 heterocycles. The molecule has 0 saturated heterocycles. The average molecular weight is 604 g/mol. The summed E-state index contributed by atoms with van der Waals surface area (Å²) < 4.78 is 0. The number of primary amides is 1. The van der Waals surface area contributed by atoms with Crippen molar-refractivity contribution in [3.8, 4) is 0 Å². The van der Waals surface area contributed by atoms with Gasteiger partial charge in [0, 0.05) is 12.8 Å². The van der Waals surface area contributed by atoms with E-state index in [-0.39, 0.29) is 18.8 Å². The van der Waals surface area contributed by atoms with E-state index in [4.69, 9.17) is 21.7 Å². The van der Waals surface area contributed by atoms with Gasteiger partial charge in [-0.15, -0.1) is 0 Å². The van der Waals surface area contributed by atoms with E-state index in [2.05, 4.69) is 21.3 Å². The Labute approximate surface area is 241 Å². The Bertz CT molecular complexity index is 1010. The van der Waals surface area contributed by atoms with Gasteiger partial charge in [0.1, 0.15) is 24.2 Å². The van der Waals surface area contributed by atoms with Gasteiger partial charge in [0.2, 0.25) is 35.4 Å². The highest BCUT2D eigenvalue weighted by Crippen LogP contribution is 2.10. The summed E-state index contributed by atoms with van der Waals surface area (Å²) in [5.74, 6) is -8.39. The molecule has 0 aliphatic heterocycles. The number of carboxylic acids is 2. The second-order valence-corrected chi connectivity index (χ2v) is 9.54. The van der Waals surface area contributed by atoms with Crippen molar-refractivity contribution < 1.29 is 53.7 Å². The van der Waals surface area contributed by atoms with Gasteiger partial charge in [-0.05, 0) is 25.7 Å². The topological polar surface area (TPSA) is 309 Å². The number of aliphatic hydroxyl groups excluding tert-OH is 1. The summed E-state index contributed by atoms with van der Waals surface area (Å²) in [4.78, 5) is 96.0. The smallest absolute Gasteiger partial charge is 0.326 e. The second kappa shape index (κ2) is 18.9. The molecule has 0 saturated carbocycles. The molecule has 0 aliphatic rings. The van der Waals surface area contributed by atoms with Gasteiger partial charge >= 0.3 is 11.9 Å². The van der Waals surface area contributed by atoms with Crippen molar-refractivity contribution in [3.63, 3.8) is 0 Å². The van der Waals surface area contributed by atoms with Crippen LogP contribution in [-0.2, 0) is 38.4 Å². The molecule has 0 unspecified atom stereocenters. The number of hydrogen-bond acceptors (Lipinski definition) is 10. The predicted molar refractivity (Wildman–Crippen MR) is 144 cm³/mol. The third-order valence-electron chi connectivity index (χ3n) is 6.08. The number of carbonyl (C=O) groups is 8. The maximum absolute atomic E-state index is 13.1. The summed E-state index contributed by atoms with van der Waals surface area (Å²) >= 11 is 0. The molecule has 238 valence electrons. The van der Waals surface area contributed by atoms with Gasteiger partial charge in [-0.2, -0.15) is 0 Å². The Hall–Kier alpha value is -4.32. The van der Waals surface area contributed by atoms with Crippen LogP contribution in [0, 0.1) is 5.92 Å². The number of carboxylic acid groups (broad SMARTS) is 2. The van der Waals surface area contributed by atoms with E-state index < -0.39 is 104 Å². The first-order valence-corrected chi connectivity index (χ1v) is 13.1. The molecule has 6 atom stereocenters. The highest BCUT2D eigenvalue weighted by atomic mass is 16.4. The van der Waals surface area contributed by atoms with E-state index >= 15 is 0 Å². The van der Waals surface area contributed by atoms with Crippen LogP contribution in [0.5, 0.6) is 0 Å². The molecular formula is C24H41N7O11. The quantitative estimate of drug-likeness (QED) is 0.0631. The first-order valence-electron chi connectivity index (χ1n) is 13.1. The Kier molecular flexibility index (Phi) is 17.0. The van der Waals surface area contributed by atoms with Crippen molar-refractivity contribution in [3.05, 3.63) is 0 Å². The molecule has 0 rings (SSSR count). The van der Waals surface area contributed by atoms with Crippen LogP contribution < -0.4 is 38.1 Å². The molecular weight excluding hydrogens is 562 g/mol. The molecule has 18 nitrogen and oxygen atoms in total. The zero-order valence-corrected chi connectivity index (χ0v) is 23.7. The van der Waals surface area contributed by atoms with Gasteiger partial charge < -0.3 is 53.4 Å². The first kappa shape index (κ1) is 37.7. The van der Waals surface area contributed by atoms with Crippen molar-refractivity contribution >= 4 is 47.4 Å². The Morgan fingerprint density at radius 1 is 0.738 bits per heavy atom. The van der Waals surface area contributed by atoms with Crippen LogP contribution in [-0.4, -0.2) is 106 Å². The molecule has 12 N–H and O–H groups in total. The lowest BCUT2D eigenvalue weighted by Crippen LogP contribution is -2.60. The van der Waals surface area contributed by atoms with Gasteiger partial charge in [-0.1, -0.05) is 20.3 Å². The van der Waals surface area contributed by atoms with Crippen molar-refractivity contribution in [1.82, 2.24) is 26.6 Å². The van der Waals surface area contributed by atoms with Crippen molar-refractivity contribution in [2.75, 3.05) is 13.1 Å². The molecule has 0 aromatic carbocycles. The van der Waals surface area contributed by atoms with E-state index in [9.17, 15) is 43.5 Å². The monoisotopic (exact) mass is 603 g/mol. The zero-order valence-electron chi connectivity index (χ0n) is 23.7. The molecule has 0 radical (unpaired) electrons. The summed E-state index contributed by atoms with van der Waals surface area (Å²) in [6.07, 6.45) is -2.66. The summed E-state index contributed by atoms with van der Waals surface area (Å²) in [5.41, 5.74) is 10.5. The van der Waals surface area contributed by atoms with Crippen LogP contribution in [0.1, 0.15) is 52.9 Å². The van der Waals surface area contributed by atoms with Crippen molar-refractivity contribution in [2.45, 2.75) is 83.1 Å². The number of aliphatic hydroxyl groups is 1. The number of rotatable bonds is 20. The second-order valence-electron chi connectivity index (χ2n) is 9.54. The lowest BCUT2D eigenvalue weighted by atomic mass is 9.97. The number of nitrogens with one attached hydrogen (secondary N) is 5. The number of nitrogens with two attached hydrogens (primary N) is 2. The SMILES string of the molecule is CC[C@H](C)[C@H](NC(=O)CN)C(=O)N[C@@H](CCC(N)=O)C(=O)N[C@H](C(=O)NCC(=O)N[C@@H](CCC(=O)O)C(=O)O)[C@@H](C)O. The fourth-order valence-electron chi connectivity index (χ4n) is 3.46. The Balaban J connectivity index is 5.57. The largest absolute Gasteiger partial charge is 0.481 e. The average Bonchev–Trinajstić information content (AvgIpc) is 2.91. The van der Waals surface area contributed by atoms with Crippen LogP contribution in [0.3, 0.4) is 0 Å². The van der Waals surface area contributed by atoms with Gasteiger partial charge in [0.15, 0.2) is 0 Å². The molecule has 0 spiro atoms. The minimum atomic E-state index is -1.66. The van der Waals surface area contributed by atoms with E-state index in [0.29, 0.717) is 6.42 Å². The van der Waals surface area contributed by atoms with Crippen LogP contribution in [0.2, 0.25) is 0 Å². The van der Waals surface area contributed by atoms with E-state index in [0.717, 1.165) is 6.92 Å². The van der Waals surface area contributed by atoms with E-state index in [1.165, 1.54) is 0 Å². The molecule has 0 bridgehead atoms. The number of amides is 6. The fraction of sp³-hybridized carbons (Fsp3) is 0.667. The highest BCUT2D eigenvalue weighted by Gasteiger charge is 2.33. The molecule has 0 aliphatic carbocycles. The van der Waals surface area contributed by atoms with Gasteiger partial charge in [-0.25, -0.2) is 4.79 Å². The maximum Gasteiger partial charge on any atom is 0.326 e. The molecule has 6 amide bonds. The lowest BCUT2D eigenvalue weighted by Gasteiger charge is -2.28. The van der Waals surface area contributed by atoms with Gasteiger partial charge in [-0.3, -0.25) is 33.6 Å². The number of aliphatic carboxylic acids is 2. The molecule has 0 aromatic rings. The number of carbonyl (C=O) groups excluding carboxylic acids is 6. The van der Waals surface area contributed by atoms with Gasteiger partial charge in [0.05, 0.1) is 19.2 Å². The van der Waals surface area contributed by atoms with Crippen LogP contribution in [0.25, 0.3) is 0 Å². The fourth-order valence-corrected chi connectivity index (χ4v) is 3.46. The molecule has 42 heavy (non-hydrogen) atoms. The van der Waals surface area contributed by atoms with Crippen molar-refractivity contribution in [1.29, 1.82) is 0 Å². The normalized spacial score (nSPS) is 15.0. The summed E-state index contributed by atoms with van der Waals surface area (Å²) in [6, 6.07) is -5.73. The standard InChI is InChI=1S/C24H41N7O11/c1-4-11(2)19(30-16(34)9-25)23(40)29-13(5-7-15(26)33)21(38)31-20(12(3)32)22(39)27-10-17(35)28-14(24(41)42)6-8-18(36)37/h11-14,19-20,32H,4-10,25H2,1-3H3,(H2,26,33)(H,27,39)(H,28,35)(H,29,40)(H,30,34)(H,31,38)(H,36,37)(H,41,42)/t11-,12+,13-,14-,19-,20-/m0/s1. The minimum absolute atomic E-state index is 0.297. The summed E-state index contributed by atoms with van der Waals surface area (Å²) in [6.45, 7) is 3.41. The summed E-state index contributed by atoms with van der Waals surface area (Å²) in [5, 5.41) is 39.2. The van der Waals surface area contributed by atoms with E-state index in [1.54, 1.807) is 13.8 Å². The zero-order chi connectivity index (χ0) is 32.6. The van der Waals surface area contributed by atoms with Crippen LogP contribution in [0.15, 0.2) is 0 Å². The first-order chi connectivity index (χ1) is 19.5. The lowest BCUT2D eigenvalue weighted by molar-refractivity contribution is -0.143. The third-order valence-corrected chi connectivity index (χ3v) is 6.08. The molecule has 0 aromatic heterocycles. The highest BCUT2D eigenvalue weighted by molar-refractivity contribution is 5.96. The Morgan fingerprint density at radius 3 is 1.81 bits per heavy atom. The van der Waals surface area contributed by atoms with Gasteiger partial charge in [0.25, 0.3) is 0 Å². The van der Waals surface area contributed by atoms with Crippen molar-refractivity contribution in [2.24, 2.45) is 17.4 Å². The minimum Gasteiger partial charge on any atom is -0.481 e. The Morgan fingerprint density at radius 2 is 1.33 bits per heavy atom. The molecule has 18 heteroatoms. The van der Waals surface area contributed by atoms with E-state index in [1.807, 2.05) is 5.32 Å². The maximum atomic E-state index is 13.1. The van der Waals surface area contributed by atoms with Crippen LogP contribution in [0.4, 0.5) is 0 Å². The van der Waals surface area contributed by atoms with Crippen LogP contribution >= 0.6 is 0 Å².